The summed E-state index contributed by atoms with van der Waals surface area (Å²) in [6, 6.07) is 23.4. The molecule has 2 aromatic heterocycles. The van der Waals surface area contributed by atoms with Gasteiger partial charge >= 0.3 is 0 Å². The average molecular weight is 384 g/mol. The molecule has 0 unspecified atom stereocenters. The Hall–Kier alpha value is -4.33. The van der Waals surface area contributed by atoms with Crippen molar-refractivity contribution < 1.29 is 10.2 Å². The predicted molar refractivity (Wildman–Crippen MR) is 107 cm³/mol. The molecule has 0 aliphatic rings. The molecule has 0 atom stereocenters. The Bertz CT molecular complexity index is 1240. The smallest absolute Gasteiger partial charge is 0.141 e. The van der Waals surface area contributed by atoms with Crippen LogP contribution in [0.2, 0.25) is 0 Å². The molecule has 0 aliphatic carbocycles. The third-order valence-corrected chi connectivity index (χ3v) is 4.14. The van der Waals surface area contributed by atoms with Crippen LogP contribution in [-0.2, 0) is 0 Å². The number of hydrogen-bond acceptors (Lipinski definition) is 7. The number of fused-ring (bicyclic) bond motifs is 1. The molecule has 0 saturated heterocycles. The Labute approximate surface area is 165 Å². The maximum Gasteiger partial charge on any atom is 0.141 e. The summed E-state index contributed by atoms with van der Waals surface area (Å²) < 4.78 is 1.63. The van der Waals surface area contributed by atoms with Gasteiger partial charge in [-0.1, -0.05) is 41.6 Å². The Balaban J connectivity index is 0.000000145. The average Bonchev–Trinajstić information content (AvgIpc) is 3.20. The molecule has 29 heavy (non-hydrogen) atoms. The SMILES string of the molecule is Oc1ccccc1-c1ccnnn1.Oc1ccccc1-n1nnc2ccccc21. The minimum absolute atomic E-state index is 0.193. The van der Waals surface area contributed by atoms with E-state index in [1.54, 1.807) is 47.1 Å². The highest BCUT2D eigenvalue weighted by Gasteiger charge is 2.08. The fourth-order valence-corrected chi connectivity index (χ4v) is 2.77. The monoisotopic (exact) mass is 384 g/mol. The number of aromatic hydroxyl groups is 2. The van der Waals surface area contributed by atoms with Crippen molar-refractivity contribution in [2.24, 2.45) is 0 Å². The van der Waals surface area contributed by atoms with E-state index in [9.17, 15) is 10.2 Å². The van der Waals surface area contributed by atoms with Crippen LogP contribution in [0.3, 0.4) is 0 Å². The summed E-state index contributed by atoms with van der Waals surface area (Å²) in [6.07, 6.45) is 1.54. The number of benzene rings is 3. The summed E-state index contributed by atoms with van der Waals surface area (Å²) in [5, 5.41) is 38.1. The van der Waals surface area contributed by atoms with Gasteiger partial charge in [0.1, 0.15) is 22.7 Å². The molecule has 2 N–H and O–H groups in total. The normalized spacial score (nSPS) is 10.3. The second-order valence-corrected chi connectivity index (χ2v) is 6.00. The molecule has 0 saturated carbocycles. The zero-order valence-electron chi connectivity index (χ0n) is 15.2. The van der Waals surface area contributed by atoms with Crippen molar-refractivity contribution in [3.63, 3.8) is 0 Å². The van der Waals surface area contributed by atoms with Crippen LogP contribution in [0.1, 0.15) is 0 Å². The first-order valence-corrected chi connectivity index (χ1v) is 8.75. The minimum Gasteiger partial charge on any atom is -0.507 e. The van der Waals surface area contributed by atoms with Gasteiger partial charge in [0, 0.05) is 5.56 Å². The zero-order chi connectivity index (χ0) is 20.1. The molecule has 5 aromatic rings. The number of rotatable bonds is 2. The van der Waals surface area contributed by atoms with Crippen LogP contribution in [0, 0.1) is 0 Å². The van der Waals surface area contributed by atoms with Gasteiger partial charge in [-0.3, -0.25) is 0 Å². The van der Waals surface area contributed by atoms with E-state index >= 15 is 0 Å². The minimum atomic E-state index is 0.193. The van der Waals surface area contributed by atoms with Gasteiger partial charge < -0.3 is 10.2 Å². The summed E-state index contributed by atoms with van der Waals surface area (Å²) in [5.74, 6) is 0.390. The Morgan fingerprint density at radius 1 is 0.690 bits per heavy atom. The topological polar surface area (TPSA) is 110 Å². The van der Waals surface area contributed by atoms with Crippen molar-refractivity contribution in [2.75, 3.05) is 0 Å². The van der Waals surface area contributed by atoms with Crippen LogP contribution in [-0.4, -0.2) is 40.6 Å². The molecule has 8 nitrogen and oxygen atoms in total. The number of aromatic nitrogens is 6. The summed E-state index contributed by atoms with van der Waals surface area (Å²) in [7, 11) is 0. The molecule has 0 aliphatic heterocycles. The second kappa shape index (κ2) is 8.13. The third-order valence-electron chi connectivity index (χ3n) is 4.14. The molecule has 0 fully saturated rings. The largest absolute Gasteiger partial charge is 0.507 e. The molecule has 3 aromatic carbocycles. The van der Waals surface area contributed by atoms with Gasteiger partial charge in [-0.2, -0.15) is 0 Å². The standard InChI is InChI=1S/C12H9N3O.C9H7N3O/c16-12-8-4-3-7-11(12)15-10-6-2-1-5-9(10)13-14-15;13-9-4-2-1-3-7(9)8-5-6-10-12-11-8/h1-8,16H;1-6,13H. The van der Waals surface area contributed by atoms with Crippen molar-refractivity contribution >= 4 is 11.0 Å². The summed E-state index contributed by atoms with van der Waals surface area (Å²) in [4.78, 5) is 0. The molecule has 0 spiro atoms. The number of nitrogens with zero attached hydrogens (tertiary/aromatic N) is 6. The Kier molecular flexibility index (Phi) is 5.06. The van der Waals surface area contributed by atoms with Crippen molar-refractivity contribution in [1.82, 2.24) is 30.4 Å². The number of phenols is 2. The quantitative estimate of drug-likeness (QED) is 0.480. The van der Waals surface area contributed by atoms with Crippen molar-refractivity contribution in [2.45, 2.75) is 0 Å². The molecule has 2 heterocycles. The lowest BCUT2D eigenvalue weighted by molar-refractivity contribution is 0.470. The van der Waals surface area contributed by atoms with Gasteiger partial charge in [0.15, 0.2) is 0 Å². The van der Waals surface area contributed by atoms with Crippen LogP contribution >= 0.6 is 0 Å². The molecule has 8 heteroatoms. The zero-order valence-corrected chi connectivity index (χ0v) is 15.2. The van der Waals surface area contributed by atoms with Gasteiger partial charge in [-0.25, -0.2) is 4.68 Å². The van der Waals surface area contributed by atoms with E-state index in [-0.39, 0.29) is 11.5 Å². The Morgan fingerprint density at radius 3 is 2.17 bits per heavy atom. The van der Waals surface area contributed by atoms with E-state index in [2.05, 4.69) is 25.7 Å². The number of para-hydroxylation sites is 4. The van der Waals surface area contributed by atoms with E-state index in [1.807, 2.05) is 36.4 Å². The number of hydrogen-bond donors (Lipinski definition) is 2. The first kappa shape index (κ1) is 18.1. The fourth-order valence-electron chi connectivity index (χ4n) is 2.77. The van der Waals surface area contributed by atoms with Crippen LogP contribution in [0.25, 0.3) is 28.0 Å². The molecular formula is C21H16N6O2. The first-order valence-electron chi connectivity index (χ1n) is 8.75. The van der Waals surface area contributed by atoms with Crippen molar-refractivity contribution in [3.05, 3.63) is 85.1 Å². The lowest BCUT2D eigenvalue weighted by atomic mass is 10.1. The van der Waals surface area contributed by atoms with Crippen LogP contribution in [0.4, 0.5) is 0 Å². The summed E-state index contributed by atoms with van der Waals surface area (Å²) >= 11 is 0. The van der Waals surface area contributed by atoms with Crippen LogP contribution in [0.5, 0.6) is 11.5 Å². The van der Waals surface area contributed by atoms with Gasteiger partial charge in [-0.15, -0.1) is 15.3 Å². The fraction of sp³-hybridized carbons (Fsp3) is 0. The number of phenolic OH excluding ortho intramolecular Hbond substituents is 2. The van der Waals surface area contributed by atoms with E-state index in [0.717, 1.165) is 11.0 Å². The summed E-state index contributed by atoms with van der Waals surface area (Å²) in [6.45, 7) is 0. The maximum atomic E-state index is 9.75. The van der Waals surface area contributed by atoms with E-state index in [1.165, 1.54) is 6.20 Å². The van der Waals surface area contributed by atoms with Gasteiger partial charge in [-0.05, 0) is 47.7 Å². The molecule has 0 bridgehead atoms. The molecule has 5 rings (SSSR count). The van der Waals surface area contributed by atoms with E-state index in [0.29, 0.717) is 16.9 Å². The van der Waals surface area contributed by atoms with Gasteiger partial charge in [0.25, 0.3) is 0 Å². The van der Waals surface area contributed by atoms with E-state index < -0.39 is 0 Å². The molecule has 0 radical (unpaired) electrons. The van der Waals surface area contributed by atoms with Crippen molar-refractivity contribution in [3.8, 4) is 28.4 Å². The summed E-state index contributed by atoms with van der Waals surface area (Å²) in [5.41, 5.74) is 3.61. The first-order chi connectivity index (χ1) is 14.2. The molecule has 142 valence electrons. The third kappa shape index (κ3) is 3.86. The molecule has 0 amide bonds. The predicted octanol–water partition coefficient (Wildman–Crippen LogP) is 3.37. The maximum absolute atomic E-state index is 9.75. The van der Waals surface area contributed by atoms with Gasteiger partial charge in [0.2, 0.25) is 0 Å². The van der Waals surface area contributed by atoms with Crippen LogP contribution < -0.4 is 0 Å². The second-order valence-electron chi connectivity index (χ2n) is 6.00. The lowest BCUT2D eigenvalue weighted by Crippen LogP contribution is -1.96. The highest BCUT2D eigenvalue weighted by Crippen LogP contribution is 2.25. The lowest BCUT2D eigenvalue weighted by Gasteiger charge is -2.03. The Morgan fingerprint density at radius 2 is 1.41 bits per heavy atom. The van der Waals surface area contributed by atoms with Crippen LogP contribution in [0.15, 0.2) is 85.1 Å². The van der Waals surface area contributed by atoms with Crippen molar-refractivity contribution in [1.29, 1.82) is 0 Å². The highest BCUT2D eigenvalue weighted by atomic mass is 16.3. The van der Waals surface area contributed by atoms with E-state index in [4.69, 9.17) is 0 Å². The highest BCUT2D eigenvalue weighted by molar-refractivity contribution is 5.76. The molecular weight excluding hydrogens is 368 g/mol. The van der Waals surface area contributed by atoms with Gasteiger partial charge in [0.05, 0.1) is 17.4 Å².